The summed E-state index contributed by atoms with van der Waals surface area (Å²) in [6, 6.07) is 5.78. The molecule has 1 N–H and O–H groups in total. The lowest BCUT2D eigenvalue weighted by molar-refractivity contribution is -0.120. The number of aromatic nitrogens is 3. The highest BCUT2D eigenvalue weighted by Crippen LogP contribution is 2.39. The lowest BCUT2D eigenvalue weighted by atomic mass is 10.0. The van der Waals surface area contributed by atoms with Gasteiger partial charge in [-0.1, -0.05) is 23.4 Å². The van der Waals surface area contributed by atoms with E-state index < -0.39 is 0 Å². The number of nitrogens with one attached hydrogen (secondary N) is 1. The zero-order valence-electron chi connectivity index (χ0n) is 15.9. The molecule has 0 saturated carbocycles. The minimum Gasteiger partial charge on any atom is -0.486 e. The van der Waals surface area contributed by atoms with Crippen molar-refractivity contribution in [1.29, 1.82) is 0 Å². The van der Waals surface area contributed by atoms with E-state index in [1.54, 1.807) is 17.5 Å². The van der Waals surface area contributed by atoms with E-state index in [4.69, 9.17) is 16.3 Å². The lowest BCUT2D eigenvalue weighted by Crippen LogP contribution is -2.35. The summed E-state index contributed by atoms with van der Waals surface area (Å²) < 4.78 is 5.98. The number of halogens is 1. The Morgan fingerprint density at radius 2 is 2.28 bits per heavy atom. The fourth-order valence-electron chi connectivity index (χ4n) is 3.19. The Labute approximate surface area is 182 Å². The molecule has 1 aromatic carbocycles. The van der Waals surface area contributed by atoms with Crippen LogP contribution in [0.4, 0.5) is 0 Å². The SMILES string of the molecule is CSc1nccc(-c2cc(Cl)c3c(c2)C[C@@H](CNC(=O)Cc2csc(C)n2)O3)n1. The molecule has 1 aliphatic heterocycles. The number of thioether (sulfide) groups is 1. The highest BCUT2D eigenvalue weighted by Gasteiger charge is 2.26. The van der Waals surface area contributed by atoms with Gasteiger partial charge in [-0.2, -0.15) is 0 Å². The zero-order chi connectivity index (χ0) is 20.4. The largest absolute Gasteiger partial charge is 0.486 e. The third-order valence-electron chi connectivity index (χ3n) is 4.50. The van der Waals surface area contributed by atoms with E-state index >= 15 is 0 Å². The number of rotatable bonds is 6. The van der Waals surface area contributed by atoms with Crippen molar-refractivity contribution in [3.8, 4) is 17.0 Å². The fraction of sp³-hybridized carbons (Fsp3) is 0.300. The van der Waals surface area contributed by atoms with Gasteiger partial charge in [0.15, 0.2) is 5.16 Å². The maximum Gasteiger partial charge on any atom is 0.226 e. The summed E-state index contributed by atoms with van der Waals surface area (Å²) in [5.74, 6) is 0.621. The van der Waals surface area contributed by atoms with E-state index in [1.165, 1.54) is 11.8 Å². The first-order valence-corrected chi connectivity index (χ1v) is 11.5. The van der Waals surface area contributed by atoms with Gasteiger partial charge in [0, 0.05) is 29.1 Å². The van der Waals surface area contributed by atoms with Crippen LogP contribution in [0.25, 0.3) is 11.3 Å². The van der Waals surface area contributed by atoms with Crippen molar-refractivity contribution in [2.24, 2.45) is 0 Å². The summed E-state index contributed by atoms with van der Waals surface area (Å²) in [6.45, 7) is 2.35. The van der Waals surface area contributed by atoms with Crippen molar-refractivity contribution in [1.82, 2.24) is 20.3 Å². The summed E-state index contributed by atoms with van der Waals surface area (Å²) in [4.78, 5) is 25.2. The first-order chi connectivity index (χ1) is 14.0. The van der Waals surface area contributed by atoms with Crippen molar-refractivity contribution in [3.05, 3.63) is 51.1 Å². The van der Waals surface area contributed by atoms with Crippen LogP contribution in [0.15, 0.2) is 34.9 Å². The summed E-state index contributed by atoms with van der Waals surface area (Å²) in [5, 5.41) is 7.07. The minimum atomic E-state index is -0.147. The van der Waals surface area contributed by atoms with Crippen LogP contribution < -0.4 is 10.1 Å². The van der Waals surface area contributed by atoms with Crippen LogP contribution in [0.1, 0.15) is 16.3 Å². The molecule has 0 fully saturated rings. The molecule has 29 heavy (non-hydrogen) atoms. The van der Waals surface area contributed by atoms with E-state index in [9.17, 15) is 4.79 Å². The first kappa shape index (κ1) is 20.1. The van der Waals surface area contributed by atoms with E-state index in [1.807, 2.05) is 36.8 Å². The van der Waals surface area contributed by atoms with E-state index in [0.717, 1.165) is 27.5 Å². The van der Waals surface area contributed by atoms with Gasteiger partial charge in [0.25, 0.3) is 0 Å². The quantitative estimate of drug-likeness (QED) is 0.456. The molecule has 2 aromatic heterocycles. The van der Waals surface area contributed by atoms with E-state index in [-0.39, 0.29) is 18.4 Å². The van der Waals surface area contributed by atoms with Crippen LogP contribution in [0, 0.1) is 6.92 Å². The molecule has 6 nitrogen and oxygen atoms in total. The molecule has 3 aromatic rings. The minimum absolute atomic E-state index is 0.0628. The Balaban J connectivity index is 1.41. The predicted molar refractivity (Wildman–Crippen MR) is 116 cm³/mol. The Morgan fingerprint density at radius 3 is 3.03 bits per heavy atom. The number of hydrogen-bond acceptors (Lipinski definition) is 7. The van der Waals surface area contributed by atoms with Gasteiger partial charge in [-0.25, -0.2) is 15.0 Å². The van der Waals surface area contributed by atoms with Crippen molar-refractivity contribution in [2.75, 3.05) is 12.8 Å². The number of fused-ring (bicyclic) bond motifs is 1. The van der Waals surface area contributed by atoms with E-state index in [2.05, 4.69) is 20.3 Å². The Bertz CT molecular complexity index is 1060. The van der Waals surface area contributed by atoms with Crippen molar-refractivity contribution in [2.45, 2.75) is 31.0 Å². The molecule has 9 heteroatoms. The number of hydrogen-bond donors (Lipinski definition) is 1. The van der Waals surface area contributed by atoms with Gasteiger partial charge < -0.3 is 10.1 Å². The van der Waals surface area contributed by atoms with Crippen LogP contribution in [-0.2, 0) is 17.6 Å². The third kappa shape index (κ3) is 4.71. The number of thiazole rings is 1. The molecule has 1 aliphatic rings. The smallest absolute Gasteiger partial charge is 0.226 e. The molecule has 0 unspecified atom stereocenters. The van der Waals surface area contributed by atoms with Crippen LogP contribution in [0.3, 0.4) is 0 Å². The highest BCUT2D eigenvalue weighted by molar-refractivity contribution is 7.98. The molecular formula is C20H19ClN4O2S2. The second kappa shape index (κ2) is 8.69. The second-order valence-electron chi connectivity index (χ2n) is 6.66. The van der Waals surface area contributed by atoms with Crippen LogP contribution in [-0.4, -0.2) is 39.8 Å². The monoisotopic (exact) mass is 446 g/mol. The molecular weight excluding hydrogens is 428 g/mol. The first-order valence-electron chi connectivity index (χ1n) is 9.06. The van der Waals surface area contributed by atoms with Gasteiger partial charge in [-0.3, -0.25) is 4.79 Å². The molecule has 0 saturated heterocycles. The summed E-state index contributed by atoms with van der Waals surface area (Å²) in [7, 11) is 0. The topological polar surface area (TPSA) is 77.0 Å². The lowest BCUT2D eigenvalue weighted by Gasteiger charge is -2.12. The molecule has 0 aliphatic carbocycles. The molecule has 1 amide bonds. The van der Waals surface area contributed by atoms with Gasteiger partial charge in [0.2, 0.25) is 5.91 Å². The summed E-state index contributed by atoms with van der Waals surface area (Å²) in [5.41, 5.74) is 3.57. The zero-order valence-corrected chi connectivity index (χ0v) is 18.3. The Morgan fingerprint density at radius 1 is 1.41 bits per heavy atom. The molecule has 1 atom stereocenters. The number of ether oxygens (including phenoxy) is 1. The number of benzene rings is 1. The van der Waals surface area contributed by atoms with Gasteiger partial charge in [0.05, 0.1) is 34.4 Å². The molecule has 4 rings (SSSR count). The number of aryl methyl sites for hydroxylation is 1. The molecule has 150 valence electrons. The van der Waals surface area contributed by atoms with Crippen molar-refractivity contribution < 1.29 is 9.53 Å². The Hall–Kier alpha value is -2.16. The molecule has 0 radical (unpaired) electrons. The standard InChI is InChI=1S/C20H19ClN4O2S2/c1-11-24-14(10-29-11)8-18(26)23-9-15-6-13-5-12(7-16(21)19(13)27-15)17-3-4-22-20(25-17)28-2/h3-5,7,10,15H,6,8-9H2,1-2H3,(H,23,26)/t15-/m0/s1. The highest BCUT2D eigenvalue weighted by atomic mass is 35.5. The maximum atomic E-state index is 12.2. The van der Waals surface area contributed by atoms with Crippen molar-refractivity contribution >= 4 is 40.6 Å². The number of amides is 1. The van der Waals surface area contributed by atoms with Crippen LogP contribution in [0.5, 0.6) is 5.75 Å². The maximum absolute atomic E-state index is 12.2. The van der Waals surface area contributed by atoms with Crippen LogP contribution in [0.2, 0.25) is 5.02 Å². The van der Waals surface area contributed by atoms with Crippen LogP contribution >= 0.6 is 34.7 Å². The third-order valence-corrected chi connectivity index (χ3v) is 6.16. The van der Waals surface area contributed by atoms with E-state index in [0.29, 0.717) is 28.9 Å². The number of carbonyl (C=O) groups excluding carboxylic acids is 1. The normalized spacial score (nSPS) is 15.1. The summed E-state index contributed by atoms with van der Waals surface area (Å²) >= 11 is 9.51. The molecule has 3 heterocycles. The molecule has 0 bridgehead atoms. The number of carbonyl (C=O) groups is 1. The van der Waals surface area contributed by atoms with Crippen molar-refractivity contribution in [3.63, 3.8) is 0 Å². The second-order valence-corrected chi connectivity index (χ2v) is 8.90. The average molecular weight is 447 g/mol. The molecule has 0 spiro atoms. The van der Waals surface area contributed by atoms with Gasteiger partial charge in [-0.15, -0.1) is 11.3 Å². The van der Waals surface area contributed by atoms with Gasteiger partial charge >= 0.3 is 0 Å². The Kier molecular flexibility index (Phi) is 6.03. The average Bonchev–Trinajstić information content (AvgIpc) is 3.32. The fourth-order valence-corrected chi connectivity index (χ4v) is 4.45. The number of nitrogens with zero attached hydrogens (tertiary/aromatic N) is 3. The van der Waals surface area contributed by atoms with Gasteiger partial charge in [-0.05, 0) is 31.4 Å². The van der Waals surface area contributed by atoms with Gasteiger partial charge in [0.1, 0.15) is 11.9 Å². The predicted octanol–water partition coefficient (Wildman–Crippen LogP) is 3.95. The summed E-state index contributed by atoms with van der Waals surface area (Å²) in [6.07, 6.45) is 4.50.